The second kappa shape index (κ2) is 5.17. The molecule has 0 fully saturated rings. The molecule has 114 valence electrons. The van der Waals surface area contributed by atoms with Crippen molar-refractivity contribution in [1.82, 2.24) is 9.97 Å². The van der Waals surface area contributed by atoms with Gasteiger partial charge in [0.05, 0.1) is 16.7 Å². The number of nitrogens with zero attached hydrogens (tertiary/aromatic N) is 2. The van der Waals surface area contributed by atoms with Gasteiger partial charge < -0.3 is 4.74 Å². The number of fused-ring (bicyclic) bond motifs is 4. The molecule has 0 bridgehead atoms. The van der Waals surface area contributed by atoms with Crippen molar-refractivity contribution in [3.8, 4) is 28.1 Å². The lowest BCUT2D eigenvalue weighted by Gasteiger charge is -2.23. The standard InChI is InChI=1S/C21H14N2O/c1-2-7-14(8-3-1)19-16-13-24-18-11-5-4-9-15(18)20(16)23-17-10-6-12-22-21(17)19/h1-12H,13H2. The molecule has 0 saturated heterocycles. The number of rotatable bonds is 1. The normalized spacial score (nSPS) is 12.3. The number of pyridine rings is 2. The van der Waals surface area contributed by atoms with E-state index in [1.165, 1.54) is 0 Å². The molecule has 0 saturated carbocycles. The smallest absolute Gasteiger partial charge is 0.129 e. The van der Waals surface area contributed by atoms with Crippen LogP contribution in [0, 0.1) is 0 Å². The molecule has 0 unspecified atom stereocenters. The number of benzene rings is 2. The fourth-order valence-corrected chi connectivity index (χ4v) is 3.35. The maximum Gasteiger partial charge on any atom is 0.129 e. The van der Waals surface area contributed by atoms with Crippen LogP contribution < -0.4 is 4.74 Å². The molecule has 2 aromatic heterocycles. The summed E-state index contributed by atoms with van der Waals surface area (Å²) in [5, 5.41) is 0. The molecular weight excluding hydrogens is 296 g/mol. The molecule has 0 spiro atoms. The van der Waals surface area contributed by atoms with Gasteiger partial charge in [0.2, 0.25) is 0 Å². The van der Waals surface area contributed by atoms with Crippen LogP contribution in [0.3, 0.4) is 0 Å². The largest absolute Gasteiger partial charge is 0.488 e. The predicted molar refractivity (Wildman–Crippen MR) is 94.7 cm³/mol. The fraction of sp³-hybridized carbons (Fsp3) is 0.0476. The number of ether oxygens (including phenoxy) is 1. The summed E-state index contributed by atoms with van der Waals surface area (Å²) in [7, 11) is 0. The summed E-state index contributed by atoms with van der Waals surface area (Å²) in [4.78, 5) is 9.50. The van der Waals surface area contributed by atoms with Gasteiger partial charge in [-0.25, -0.2) is 4.98 Å². The molecule has 5 rings (SSSR count). The zero-order valence-electron chi connectivity index (χ0n) is 12.9. The van der Waals surface area contributed by atoms with Crippen LogP contribution in [0.2, 0.25) is 0 Å². The highest BCUT2D eigenvalue weighted by Gasteiger charge is 2.24. The second-order valence-electron chi connectivity index (χ2n) is 5.84. The maximum atomic E-state index is 5.99. The van der Waals surface area contributed by atoms with Crippen molar-refractivity contribution in [2.75, 3.05) is 0 Å². The van der Waals surface area contributed by atoms with E-state index in [1.54, 1.807) is 0 Å². The van der Waals surface area contributed by atoms with E-state index in [2.05, 4.69) is 35.3 Å². The first-order chi connectivity index (χ1) is 11.9. The Kier molecular flexibility index (Phi) is 2.85. The molecule has 0 aliphatic carbocycles. The molecule has 1 aliphatic rings. The van der Waals surface area contributed by atoms with E-state index < -0.39 is 0 Å². The van der Waals surface area contributed by atoms with Crippen LogP contribution in [0.25, 0.3) is 33.4 Å². The number of aromatic nitrogens is 2. The first-order valence-corrected chi connectivity index (χ1v) is 7.97. The van der Waals surface area contributed by atoms with E-state index in [4.69, 9.17) is 9.72 Å². The van der Waals surface area contributed by atoms with Crippen LogP contribution in [0.5, 0.6) is 5.75 Å². The summed E-state index contributed by atoms with van der Waals surface area (Å²) in [5.41, 5.74) is 7.23. The van der Waals surface area contributed by atoms with Gasteiger partial charge in [0.1, 0.15) is 12.4 Å². The highest BCUT2D eigenvalue weighted by molar-refractivity contribution is 5.97. The lowest BCUT2D eigenvalue weighted by molar-refractivity contribution is 0.302. The molecule has 0 amide bonds. The molecule has 3 heterocycles. The zero-order chi connectivity index (χ0) is 15.9. The topological polar surface area (TPSA) is 35.0 Å². The van der Waals surface area contributed by atoms with E-state index in [9.17, 15) is 0 Å². The van der Waals surface area contributed by atoms with Crippen LogP contribution in [-0.2, 0) is 6.61 Å². The van der Waals surface area contributed by atoms with E-state index in [0.29, 0.717) is 6.61 Å². The number of para-hydroxylation sites is 1. The summed E-state index contributed by atoms with van der Waals surface area (Å²) < 4.78 is 5.99. The molecule has 4 aromatic rings. The van der Waals surface area contributed by atoms with Gasteiger partial charge in [0.15, 0.2) is 0 Å². The van der Waals surface area contributed by atoms with Crippen LogP contribution in [0.4, 0.5) is 0 Å². The molecule has 0 radical (unpaired) electrons. The van der Waals surface area contributed by atoms with Crippen LogP contribution in [-0.4, -0.2) is 9.97 Å². The monoisotopic (exact) mass is 310 g/mol. The summed E-state index contributed by atoms with van der Waals surface area (Å²) >= 11 is 0. The molecule has 0 atom stereocenters. The van der Waals surface area contributed by atoms with Gasteiger partial charge in [-0.15, -0.1) is 0 Å². The van der Waals surface area contributed by atoms with Gasteiger partial charge in [-0.2, -0.15) is 0 Å². The minimum absolute atomic E-state index is 0.510. The summed E-state index contributed by atoms with van der Waals surface area (Å²) in [5.74, 6) is 0.889. The quantitative estimate of drug-likeness (QED) is 0.504. The van der Waals surface area contributed by atoms with E-state index in [0.717, 1.165) is 44.7 Å². The third-order valence-corrected chi connectivity index (χ3v) is 4.42. The molecule has 3 nitrogen and oxygen atoms in total. The summed E-state index contributed by atoms with van der Waals surface area (Å²) in [6.07, 6.45) is 1.82. The fourth-order valence-electron chi connectivity index (χ4n) is 3.35. The Morgan fingerprint density at radius 3 is 2.58 bits per heavy atom. The molecule has 2 aromatic carbocycles. The van der Waals surface area contributed by atoms with E-state index in [1.807, 2.05) is 42.6 Å². The average Bonchev–Trinajstić information content (AvgIpc) is 2.67. The van der Waals surface area contributed by atoms with Crippen LogP contribution >= 0.6 is 0 Å². The van der Waals surface area contributed by atoms with E-state index >= 15 is 0 Å². The number of hydrogen-bond donors (Lipinski definition) is 0. The predicted octanol–water partition coefficient (Wildman–Crippen LogP) is 4.86. The molecule has 3 heteroatoms. The molecule has 0 N–H and O–H groups in total. The highest BCUT2D eigenvalue weighted by atomic mass is 16.5. The molecular formula is C21H14N2O. The minimum Gasteiger partial charge on any atom is -0.488 e. The Labute approximate surface area is 139 Å². The lowest BCUT2D eigenvalue weighted by atomic mass is 9.93. The van der Waals surface area contributed by atoms with Crippen molar-refractivity contribution in [3.63, 3.8) is 0 Å². The van der Waals surface area contributed by atoms with Gasteiger partial charge in [0.25, 0.3) is 0 Å². The van der Waals surface area contributed by atoms with Gasteiger partial charge in [-0.3, -0.25) is 4.98 Å². The third-order valence-electron chi connectivity index (χ3n) is 4.42. The SMILES string of the molecule is c1ccc(-c2c3c(nc4cccnc24)-c2ccccc2OC3)cc1. The van der Waals surface area contributed by atoms with Crippen LogP contribution in [0.15, 0.2) is 72.9 Å². The van der Waals surface area contributed by atoms with Gasteiger partial charge >= 0.3 is 0 Å². The van der Waals surface area contributed by atoms with Crippen molar-refractivity contribution in [3.05, 3.63) is 78.5 Å². The Morgan fingerprint density at radius 1 is 0.833 bits per heavy atom. The van der Waals surface area contributed by atoms with Gasteiger partial charge in [-0.05, 0) is 29.8 Å². The zero-order valence-corrected chi connectivity index (χ0v) is 12.9. The molecule has 1 aliphatic heterocycles. The van der Waals surface area contributed by atoms with Crippen LogP contribution in [0.1, 0.15) is 5.56 Å². The van der Waals surface area contributed by atoms with Crippen molar-refractivity contribution in [1.29, 1.82) is 0 Å². The van der Waals surface area contributed by atoms with Gasteiger partial charge in [0, 0.05) is 22.9 Å². The molecule has 24 heavy (non-hydrogen) atoms. The lowest BCUT2D eigenvalue weighted by Crippen LogP contribution is -2.09. The first-order valence-electron chi connectivity index (χ1n) is 7.97. The summed E-state index contributed by atoms with van der Waals surface area (Å²) in [6.45, 7) is 0.510. The summed E-state index contributed by atoms with van der Waals surface area (Å²) in [6, 6.07) is 22.4. The Balaban J connectivity index is 1.92. The highest BCUT2D eigenvalue weighted by Crippen LogP contribution is 2.42. The Hall–Kier alpha value is -3.20. The van der Waals surface area contributed by atoms with Crippen molar-refractivity contribution < 1.29 is 4.74 Å². The van der Waals surface area contributed by atoms with Crippen molar-refractivity contribution in [2.45, 2.75) is 6.61 Å². The van der Waals surface area contributed by atoms with Crippen molar-refractivity contribution in [2.24, 2.45) is 0 Å². The van der Waals surface area contributed by atoms with Gasteiger partial charge in [-0.1, -0.05) is 42.5 Å². The first kappa shape index (κ1) is 13.3. The Morgan fingerprint density at radius 2 is 1.67 bits per heavy atom. The number of hydrogen-bond acceptors (Lipinski definition) is 3. The van der Waals surface area contributed by atoms with Crippen molar-refractivity contribution >= 4 is 11.0 Å². The maximum absolute atomic E-state index is 5.99. The minimum atomic E-state index is 0.510. The second-order valence-corrected chi connectivity index (χ2v) is 5.84. The average molecular weight is 310 g/mol. The third kappa shape index (κ3) is 1.91. The van der Waals surface area contributed by atoms with E-state index in [-0.39, 0.29) is 0 Å². The Bertz CT molecular complexity index is 1060.